The van der Waals surface area contributed by atoms with Gasteiger partial charge in [-0.15, -0.1) is 0 Å². The highest BCUT2D eigenvalue weighted by atomic mass is 16.5. The van der Waals surface area contributed by atoms with Gasteiger partial charge in [0.1, 0.15) is 12.6 Å². The van der Waals surface area contributed by atoms with Crippen molar-refractivity contribution in [3.63, 3.8) is 0 Å². The van der Waals surface area contributed by atoms with Crippen molar-refractivity contribution < 1.29 is 19.1 Å². The zero-order valence-electron chi connectivity index (χ0n) is 19.3. The number of methoxy groups -OCH3 is 1. The Hall–Kier alpha value is -1.87. The average Bonchev–Trinajstić information content (AvgIpc) is 3.00. The molecule has 2 rings (SSSR count). The fraction of sp³-hybridized carbons (Fsp3) is 0.857. The molecule has 0 aromatic heterocycles. The highest BCUT2D eigenvalue weighted by Crippen LogP contribution is 2.28. The van der Waals surface area contributed by atoms with Gasteiger partial charge in [0.15, 0.2) is 0 Å². The lowest BCUT2D eigenvalue weighted by Crippen LogP contribution is -2.63. The van der Waals surface area contributed by atoms with Gasteiger partial charge in [-0.3, -0.25) is 14.5 Å². The van der Waals surface area contributed by atoms with Gasteiger partial charge >= 0.3 is 6.03 Å². The molecule has 2 heterocycles. The molecule has 9 heteroatoms. The van der Waals surface area contributed by atoms with E-state index in [4.69, 9.17) is 4.74 Å². The molecule has 0 saturated carbocycles. The molecule has 30 heavy (non-hydrogen) atoms. The summed E-state index contributed by atoms with van der Waals surface area (Å²) >= 11 is 0. The molecule has 0 bridgehead atoms. The lowest BCUT2D eigenvalue weighted by atomic mass is 9.91. The summed E-state index contributed by atoms with van der Waals surface area (Å²) in [6, 6.07) is -0.525. The number of fused-ring (bicyclic) bond motifs is 1. The highest BCUT2D eigenvalue weighted by Gasteiger charge is 2.45. The quantitative estimate of drug-likeness (QED) is 0.527. The van der Waals surface area contributed by atoms with Crippen molar-refractivity contribution in [2.75, 3.05) is 39.9 Å². The van der Waals surface area contributed by atoms with Gasteiger partial charge < -0.3 is 25.6 Å². The smallest absolute Gasteiger partial charge is 0.315 e. The van der Waals surface area contributed by atoms with Gasteiger partial charge in [0.2, 0.25) is 11.8 Å². The average molecular weight is 426 g/mol. The number of hydrogen-bond acceptors (Lipinski definition) is 5. The summed E-state index contributed by atoms with van der Waals surface area (Å²) in [7, 11) is 1.47. The first-order valence-corrected chi connectivity index (χ1v) is 10.9. The van der Waals surface area contributed by atoms with Crippen molar-refractivity contribution in [3.05, 3.63) is 0 Å². The number of nitrogens with one attached hydrogen (secondary N) is 3. The molecule has 0 unspecified atom stereocenters. The Kier molecular flexibility index (Phi) is 8.49. The Morgan fingerprint density at radius 3 is 2.53 bits per heavy atom. The fourth-order valence-electron chi connectivity index (χ4n) is 4.03. The molecule has 2 aliphatic rings. The topological polar surface area (TPSA) is 103 Å². The van der Waals surface area contributed by atoms with E-state index in [1.165, 1.54) is 7.11 Å². The van der Waals surface area contributed by atoms with Gasteiger partial charge in [-0.25, -0.2) is 4.79 Å². The monoisotopic (exact) mass is 425 g/mol. The van der Waals surface area contributed by atoms with Gasteiger partial charge in [-0.2, -0.15) is 0 Å². The van der Waals surface area contributed by atoms with Crippen molar-refractivity contribution in [1.82, 2.24) is 25.8 Å². The van der Waals surface area contributed by atoms with E-state index in [-0.39, 0.29) is 54.5 Å². The minimum atomic E-state index is -0.396. The molecule has 2 saturated heterocycles. The summed E-state index contributed by atoms with van der Waals surface area (Å²) in [6.45, 7) is 12.7. The molecular weight excluding hydrogens is 386 g/mol. The molecule has 0 aromatic rings. The van der Waals surface area contributed by atoms with Crippen LogP contribution in [0.1, 0.15) is 47.5 Å². The number of carbonyl (C=O) groups excluding carboxylic acids is 3. The predicted octanol–water partition coefficient (Wildman–Crippen LogP) is 0.547. The van der Waals surface area contributed by atoms with Crippen LogP contribution in [0.2, 0.25) is 0 Å². The molecule has 4 amide bonds. The van der Waals surface area contributed by atoms with Crippen molar-refractivity contribution >= 4 is 17.8 Å². The summed E-state index contributed by atoms with van der Waals surface area (Å²) in [5, 5.41) is 8.65. The zero-order chi connectivity index (χ0) is 22.5. The third kappa shape index (κ3) is 7.12. The summed E-state index contributed by atoms with van der Waals surface area (Å²) in [6.07, 6.45) is 1.69. The van der Waals surface area contributed by atoms with E-state index in [0.717, 1.165) is 25.9 Å². The molecule has 2 fully saturated rings. The summed E-state index contributed by atoms with van der Waals surface area (Å²) in [4.78, 5) is 41.3. The Labute approximate surface area is 180 Å². The highest BCUT2D eigenvalue weighted by molar-refractivity contribution is 5.85. The van der Waals surface area contributed by atoms with Crippen LogP contribution < -0.4 is 16.0 Å². The normalized spacial score (nSPS) is 24.7. The molecule has 9 nitrogen and oxygen atoms in total. The number of hydrogen-bond donors (Lipinski definition) is 3. The number of urea groups is 1. The lowest BCUT2D eigenvalue weighted by molar-refractivity contribution is -0.144. The van der Waals surface area contributed by atoms with Crippen LogP contribution in [0.5, 0.6) is 0 Å². The van der Waals surface area contributed by atoms with E-state index in [9.17, 15) is 14.4 Å². The molecule has 0 spiro atoms. The maximum atomic E-state index is 13.3. The zero-order valence-corrected chi connectivity index (χ0v) is 19.3. The van der Waals surface area contributed by atoms with Crippen molar-refractivity contribution in [3.8, 4) is 0 Å². The second kappa shape index (κ2) is 10.4. The van der Waals surface area contributed by atoms with Crippen LogP contribution >= 0.6 is 0 Å². The summed E-state index contributed by atoms with van der Waals surface area (Å²) in [5.41, 5.74) is 0.152. The number of carbonyl (C=O) groups is 3. The lowest BCUT2D eigenvalue weighted by Gasteiger charge is -2.43. The second-order valence-corrected chi connectivity index (χ2v) is 9.91. The predicted molar refractivity (Wildman–Crippen MR) is 115 cm³/mol. The first-order chi connectivity index (χ1) is 14.0. The van der Waals surface area contributed by atoms with E-state index < -0.39 is 6.04 Å². The number of rotatable bonds is 8. The largest absolute Gasteiger partial charge is 0.375 e. The molecular formula is C21H39N5O4. The van der Waals surface area contributed by atoms with Crippen LogP contribution in [-0.2, 0) is 14.3 Å². The van der Waals surface area contributed by atoms with Crippen LogP contribution in [0, 0.1) is 5.41 Å². The van der Waals surface area contributed by atoms with Crippen LogP contribution in [0.4, 0.5) is 4.79 Å². The molecule has 2 aliphatic heterocycles. The fourth-order valence-corrected chi connectivity index (χ4v) is 4.03. The molecule has 3 atom stereocenters. The Bertz CT molecular complexity index is 619. The van der Waals surface area contributed by atoms with Gasteiger partial charge in [-0.1, -0.05) is 20.8 Å². The minimum Gasteiger partial charge on any atom is -0.375 e. The number of piperazine rings is 1. The van der Waals surface area contributed by atoms with E-state index >= 15 is 0 Å². The van der Waals surface area contributed by atoms with Crippen LogP contribution in [0.15, 0.2) is 0 Å². The minimum absolute atomic E-state index is 0.0199. The van der Waals surface area contributed by atoms with Gasteiger partial charge in [0.25, 0.3) is 0 Å². The Morgan fingerprint density at radius 2 is 1.93 bits per heavy atom. The maximum absolute atomic E-state index is 13.3. The number of ether oxygens (including phenoxy) is 1. The van der Waals surface area contributed by atoms with Crippen LogP contribution in [0.3, 0.4) is 0 Å². The van der Waals surface area contributed by atoms with Gasteiger partial charge in [0.05, 0.1) is 6.04 Å². The number of nitrogens with zero attached hydrogens (tertiary/aromatic N) is 2. The first-order valence-electron chi connectivity index (χ1n) is 10.9. The number of amides is 4. The van der Waals surface area contributed by atoms with E-state index in [1.54, 1.807) is 0 Å². The molecule has 0 radical (unpaired) electrons. The Balaban J connectivity index is 2.05. The standard InChI is InChI=1S/C21H39N5O4/c1-14(2)23-20(29)24-15-9-16-12-25(8-7-21(3,4)5)17(19(28)26(16)11-15)10-22-18(27)13-30-6/h14-17H,7-13H2,1-6H3,(H,22,27)(H2,23,24,29)/t15-,16-,17-/m0/s1. The summed E-state index contributed by atoms with van der Waals surface area (Å²) < 4.78 is 4.87. The van der Waals surface area contributed by atoms with E-state index in [1.807, 2.05) is 18.7 Å². The van der Waals surface area contributed by atoms with E-state index in [2.05, 4.69) is 41.6 Å². The SMILES string of the molecule is COCC(=O)NC[C@H]1C(=O)N2C[C@@H](NC(=O)NC(C)C)C[C@H]2CN1CCC(C)(C)C. The summed E-state index contributed by atoms with van der Waals surface area (Å²) in [5.74, 6) is -0.207. The van der Waals surface area contributed by atoms with Gasteiger partial charge in [-0.05, 0) is 38.6 Å². The molecule has 3 N–H and O–H groups in total. The second-order valence-electron chi connectivity index (χ2n) is 9.91. The van der Waals surface area contributed by atoms with E-state index in [0.29, 0.717) is 6.54 Å². The van der Waals surface area contributed by atoms with Crippen molar-refractivity contribution in [2.45, 2.75) is 71.6 Å². The molecule has 0 aliphatic carbocycles. The Morgan fingerprint density at radius 1 is 1.23 bits per heavy atom. The third-order valence-electron chi connectivity index (χ3n) is 5.54. The van der Waals surface area contributed by atoms with Crippen molar-refractivity contribution in [2.24, 2.45) is 5.41 Å². The van der Waals surface area contributed by atoms with Crippen LogP contribution in [0.25, 0.3) is 0 Å². The van der Waals surface area contributed by atoms with Gasteiger partial charge in [0, 0.05) is 38.8 Å². The third-order valence-corrected chi connectivity index (χ3v) is 5.54. The van der Waals surface area contributed by atoms with Crippen molar-refractivity contribution in [1.29, 1.82) is 0 Å². The first kappa shape index (κ1) is 24.4. The van der Waals surface area contributed by atoms with Crippen LogP contribution in [-0.4, -0.2) is 91.7 Å². The molecule has 172 valence electrons. The maximum Gasteiger partial charge on any atom is 0.315 e. The molecule has 0 aromatic carbocycles.